The highest BCUT2D eigenvalue weighted by Crippen LogP contribution is 2.31. The molecule has 3 rings (SSSR count). The first-order valence-electron chi connectivity index (χ1n) is 11.5. The molecule has 2 aliphatic heterocycles. The Morgan fingerprint density at radius 1 is 1.19 bits per heavy atom. The summed E-state index contributed by atoms with van der Waals surface area (Å²) in [7, 11) is 0. The number of carbonyl (C=O) groups excluding carboxylic acids is 4. The zero-order chi connectivity index (χ0) is 26.6. The summed E-state index contributed by atoms with van der Waals surface area (Å²) in [4.78, 5) is 55.4. The van der Waals surface area contributed by atoms with Gasteiger partial charge in [0.15, 0.2) is 0 Å². The molecule has 0 spiro atoms. The highest BCUT2D eigenvalue weighted by atomic mass is 19.1. The summed E-state index contributed by atoms with van der Waals surface area (Å²) >= 11 is 0. The quantitative estimate of drug-likeness (QED) is 0.410. The zero-order valence-corrected chi connectivity index (χ0v) is 20.9. The van der Waals surface area contributed by atoms with Crippen molar-refractivity contribution >= 4 is 29.7 Å². The van der Waals surface area contributed by atoms with Crippen molar-refractivity contribution in [2.75, 3.05) is 18.5 Å². The zero-order valence-electron chi connectivity index (χ0n) is 20.9. The molecule has 2 bridgehead atoms. The van der Waals surface area contributed by atoms with Crippen LogP contribution in [-0.2, 0) is 30.4 Å². The van der Waals surface area contributed by atoms with Crippen LogP contribution in [0, 0.1) is 0 Å². The number of nitrogens with one attached hydrogen (secondary N) is 2. The summed E-state index contributed by atoms with van der Waals surface area (Å²) in [5.74, 6) is -1.69. The minimum atomic E-state index is -2.46. The van der Waals surface area contributed by atoms with Gasteiger partial charge in [0.25, 0.3) is 5.91 Å². The number of alkyl carbamates (subject to hydrolysis) is 1. The summed E-state index contributed by atoms with van der Waals surface area (Å²) in [6.45, 7) is 8.83. The van der Waals surface area contributed by atoms with Gasteiger partial charge in [-0.3, -0.25) is 4.79 Å². The molecule has 3 atom stereocenters. The van der Waals surface area contributed by atoms with E-state index in [0.717, 1.165) is 10.6 Å². The van der Waals surface area contributed by atoms with Crippen molar-refractivity contribution in [1.82, 2.24) is 15.3 Å². The maximum absolute atomic E-state index is 14.1. The Balaban J connectivity index is 1.59. The third kappa shape index (κ3) is 6.51. The number of urea groups is 1. The number of carbonyl (C=O) groups is 4. The number of halogens is 1. The highest BCUT2D eigenvalue weighted by molar-refractivity contribution is 6.00. The van der Waals surface area contributed by atoms with Gasteiger partial charge in [0.2, 0.25) is 0 Å². The van der Waals surface area contributed by atoms with Crippen LogP contribution in [0.25, 0.3) is 0 Å². The third-order valence-corrected chi connectivity index (χ3v) is 5.30. The first-order chi connectivity index (χ1) is 16.9. The van der Waals surface area contributed by atoms with E-state index in [-0.39, 0.29) is 19.7 Å². The number of ether oxygens (including phenoxy) is 2. The highest BCUT2D eigenvalue weighted by Gasteiger charge is 2.48. The monoisotopic (exact) mass is 506 g/mol. The smallest absolute Gasteiger partial charge is 0.407 e. The summed E-state index contributed by atoms with van der Waals surface area (Å²) < 4.78 is 23.8. The molecule has 12 heteroatoms. The second-order valence-corrected chi connectivity index (χ2v) is 9.36. The Kier molecular flexibility index (Phi) is 8.18. The average molecular weight is 507 g/mol. The molecule has 1 aromatic rings. The molecule has 1 fully saturated rings. The number of benzene rings is 1. The number of hydrogen-bond donors (Lipinski definition) is 2. The van der Waals surface area contributed by atoms with E-state index >= 15 is 0 Å². The van der Waals surface area contributed by atoms with Crippen LogP contribution < -0.4 is 10.6 Å². The molecule has 2 N–H and O–H groups in total. The summed E-state index contributed by atoms with van der Waals surface area (Å²) in [5.41, 5.74) is 1.26. The van der Waals surface area contributed by atoms with Crippen LogP contribution in [-0.4, -0.2) is 71.2 Å². The van der Waals surface area contributed by atoms with Crippen LogP contribution >= 0.6 is 0 Å². The number of anilines is 1. The van der Waals surface area contributed by atoms with Gasteiger partial charge in [-0.25, -0.2) is 23.6 Å². The lowest BCUT2D eigenvalue weighted by atomic mass is 10.00. The van der Waals surface area contributed by atoms with Crippen molar-refractivity contribution < 1.29 is 37.9 Å². The number of alkyl halides is 1. The molecule has 2 heterocycles. The molecule has 0 unspecified atom stereocenters. The molecular weight excluding hydrogens is 475 g/mol. The van der Waals surface area contributed by atoms with Gasteiger partial charge in [-0.05, 0) is 57.9 Å². The maximum Gasteiger partial charge on any atom is 0.407 e. The van der Waals surface area contributed by atoms with Crippen molar-refractivity contribution in [2.24, 2.45) is 0 Å². The fourth-order valence-electron chi connectivity index (χ4n) is 3.83. The maximum atomic E-state index is 14.1. The molecule has 2 aliphatic rings. The Morgan fingerprint density at radius 2 is 1.86 bits per heavy atom. The fourth-order valence-corrected chi connectivity index (χ4v) is 3.83. The van der Waals surface area contributed by atoms with Crippen molar-refractivity contribution in [1.29, 1.82) is 0 Å². The molecule has 0 aliphatic carbocycles. The van der Waals surface area contributed by atoms with E-state index in [9.17, 15) is 23.6 Å². The van der Waals surface area contributed by atoms with Crippen molar-refractivity contribution in [3.8, 4) is 0 Å². The Hall–Kier alpha value is -3.67. The third-order valence-electron chi connectivity index (χ3n) is 5.30. The van der Waals surface area contributed by atoms with E-state index in [0.29, 0.717) is 11.3 Å². The first kappa shape index (κ1) is 26.9. The lowest BCUT2D eigenvalue weighted by Gasteiger charge is -2.29. The van der Waals surface area contributed by atoms with Crippen LogP contribution in [0.3, 0.4) is 0 Å². The molecule has 36 heavy (non-hydrogen) atoms. The van der Waals surface area contributed by atoms with Gasteiger partial charge in [0, 0.05) is 12.2 Å². The number of amides is 4. The molecule has 1 saturated heterocycles. The molecule has 11 nitrogen and oxygen atoms in total. The molecule has 0 radical (unpaired) electrons. The predicted octanol–water partition coefficient (Wildman–Crippen LogP) is 2.87. The molecule has 196 valence electrons. The SMILES string of the molecule is CCOC(=O)[C@@H](F)ON1C(=O)N2C[C@@H]1C=C(C)[C@H]2C(=O)Nc1ccc(CNC(=O)OC(C)(C)C)cc1. The Labute approximate surface area is 208 Å². The van der Waals surface area contributed by atoms with Gasteiger partial charge in [0.1, 0.15) is 11.6 Å². The first-order valence-corrected chi connectivity index (χ1v) is 11.5. The minimum absolute atomic E-state index is 0.0331. The van der Waals surface area contributed by atoms with E-state index < -0.39 is 48.0 Å². The number of rotatable bonds is 8. The van der Waals surface area contributed by atoms with Crippen LogP contribution in [0.2, 0.25) is 0 Å². The number of fused-ring (bicyclic) bond motifs is 2. The van der Waals surface area contributed by atoms with Gasteiger partial charge < -0.3 is 25.0 Å². The number of nitrogens with zero attached hydrogens (tertiary/aromatic N) is 2. The van der Waals surface area contributed by atoms with E-state index in [4.69, 9.17) is 9.57 Å². The van der Waals surface area contributed by atoms with Gasteiger partial charge in [0.05, 0.1) is 19.2 Å². The van der Waals surface area contributed by atoms with E-state index in [2.05, 4.69) is 15.4 Å². The topological polar surface area (TPSA) is 127 Å². The van der Waals surface area contributed by atoms with Gasteiger partial charge in [-0.1, -0.05) is 18.2 Å². The number of hydroxylamine groups is 2. The second-order valence-electron chi connectivity index (χ2n) is 9.36. The van der Waals surface area contributed by atoms with E-state index in [1.54, 1.807) is 58.0 Å². The van der Waals surface area contributed by atoms with Crippen molar-refractivity contribution in [3.05, 3.63) is 41.5 Å². The average Bonchev–Trinajstić information content (AvgIpc) is 3.02. The van der Waals surface area contributed by atoms with Crippen LogP contribution in [0.1, 0.15) is 40.2 Å². The molecule has 0 aromatic heterocycles. The van der Waals surface area contributed by atoms with Gasteiger partial charge in [-0.15, -0.1) is 0 Å². The lowest BCUT2D eigenvalue weighted by molar-refractivity contribution is -0.223. The van der Waals surface area contributed by atoms with Crippen LogP contribution in [0.15, 0.2) is 35.9 Å². The van der Waals surface area contributed by atoms with E-state index in [1.807, 2.05) is 0 Å². The van der Waals surface area contributed by atoms with E-state index in [1.165, 1.54) is 11.8 Å². The number of esters is 1. The summed E-state index contributed by atoms with van der Waals surface area (Å²) in [6, 6.07) is 4.50. The van der Waals surface area contributed by atoms with Crippen molar-refractivity contribution in [2.45, 2.75) is 65.2 Å². The normalized spacial score (nSPS) is 19.9. The summed E-state index contributed by atoms with van der Waals surface area (Å²) in [6.07, 6.45) is -1.36. The molecule has 0 saturated carbocycles. The predicted molar refractivity (Wildman–Crippen MR) is 126 cm³/mol. The number of hydrogen-bond acceptors (Lipinski definition) is 7. The Morgan fingerprint density at radius 3 is 2.47 bits per heavy atom. The molecule has 4 amide bonds. The van der Waals surface area contributed by atoms with Crippen LogP contribution in [0.5, 0.6) is 0 Å². The molecule has 1 aromatic carbocycles. The van der Waals surface area contributed by atoms with Gasteiger partial charge in [-0.2, -0.15) is 5.06 Å². The minimum Gasteiger partial charge on any atom is -0.462 e. The van der Waals surface area contributed by atoms with Crippen LogP contribution in [0.4, 0.5) is 19.7 Å². The summed E-state index contributed by atoms with van der Waals surface area (Å²) in [5, 5.41) is 6.18. The van der Waals surface area contributed by atoms with Gasteiger partial charge >= 0.3 is 24.5 Å². The Bertz CT molecular complexity index is 1040. The fraction of sp³-hybridized carbons (Fsp3) is 0.500. The van der Waals surface area contributed by atoms with Crippen molar-refractivity contribution in [3.63, 3.8) is 0 Å². The lowest BCUT2D eigenvalue weighted by Crippen LogP contribution is -2.47. The largest absolute Gasteiger partial charge is 0.462 e. The molecular formula is C24H31FN4O7. The standard InChI is InChI=1S/C24H31FN4O7/c1-6-34-21(31)19(25)36-29-17-11-14(2)18(28(13-17)23(29)33)20(30)27-16-9-7-15(8-10-16)12-26-22(32)35-24(3,4)5/h7-11,17-19H,6,12-13H2,1-5H3,(H,26,32)(H,27,30)/t17-,18-,19-/m0/s1. The second kappa shape index (κ2) is 10.9.